The maximum absolute atomic E-state index is 14.1. The van der Waals surface area contributed by atoms with Gasteiger partial charge in [-0.2, -0.15) is 0 Å². The van der Waals surface area contributed by atoms with Gasteiger partial charge in [-0.3, -0.25) is 0 Å². The van der Waals surface area contributed by atoms with Crippen LogP contribution in [0.4, 0.5) is 13.2 Å². The van der Waals surface area contributed by atoms with E-state index in [2.05, 4.69) is 5.32 Å². The molecule has 0 aliphatic carbocycles. The molecule has 3 unspecified atom stereocenters. The van der Waals surface area contributed by atoms with E-state index in [1.165, 1.54) is 18.2 Å². The molecule has 1 saturated heterocycles. The average Bonchev–Trinajstić information content (AvgIpc) is 2.62. The molecule has 0 bridgehead atoms. The predicted octanol–water partition coefficient (Wildman–Crippen LogP) is 5.20. The summed E-state index contributed by atoms with van der Waals surface area (Å²) in [5, 5.41) is 3.37. The third-order valence-corrected chi connectivity index (χ3v) is 5.42. The lowest BCUT2D eigenvalue weighted by Gasteiger charge is -2.35. The highest BCUT2D eigenvalue weighted by Crippen LogP contribution is 2.34. The number of hydrogen-bond donors (Lipinski definition) is 1. The predicted molar refractivity (Wildman–Crippen MR) is 100 cm³/mol. The standard InChI is InChI=1S/C22H26F3NO/c1-4-17-19(10-16(24)11-21(17)25)14(3)27-22-7-8-26-12-20(22)18-6-5-15(23)9-13(18)2/h5-6,9-11,14,20,22,26H,4,7-8,12H2,1-3H3. The zero-order valence-electron chi connectivity index (χ0n) is 16.0. The maximum Gasteiger partial charge on any atom is 0.129 e. The maximum atomic E-state index is 14.1. The second-order valence-corrected chi connectivity index (χ2v) is 7.23. The quantitative estimate of drug-likeness (QED) is 0.773. The van der Waals surface area contributed by atoms with Gasteiger partial charge in [-0.1, -0.05) is 13.0 Å². The Kier molecular flexibility index (Phi) is 6.22. The smallest absolute Gasteiger partial charge is 0.129 e. The van der Waals surface area contributed by atoms with Crippen molar-refractivity contribution < 1.29 is 17.9 Å². The van der Waals surface area contributed by atoms with Crippen LogP contribution in [0.15, 0.2) is 30.3 Å². The van der Waals surface area contributed by atoms with Crippen molar-refractivity contribution >= 4 is 0 Å². The summed E-state index contributed by atoms with van der Waals surface area (Å²) in [6.07, 6.45) is 0.713. The van der Waals surface area contributed by atoms with E-state index in [0.29, 0.717) is 17.5 Å². The third-order valence-electron chi connectivity index (χ3n) is 5.42. The van der Waals surface area contributed by atoms with Gasteiger partial charge in [0.1, 0.15) is 17.5 Å². The summed E-state index contributed by atoms with van der Waals surface area (Å²) in [5.41, 5.74) is 2.98. The van der Waals surface area contributed by atoms with Crippen molar-refractivity contribution in [2.45, 2.75) is 51.7 Å². The van der Waals surface area contributed by atoms with Gasteiger partial charge in [0.2, 0.25) is 0 Å². The van der Waals surface area contributed by atoms with Gasteiger partial charge in [-0.25, -0.2) is 13.2 Å². The normalized spacial score (nSPS) is 21.3. The second-order valence-electron chi connectivity index (χ2n) is 7.23. The fraction of sp³-hybridized carbons (Fsp3) is 0.455. The zero-order chi connectivity index (χ0) is 19.6. The number of benzene rings is 2. The number of aryl methyl sites for hydroxylation is 1. The molecule has 1 fully saturated rings. The molecule has 0 radical (unpaired) electrons. The van der Waals surface area contributed by atoms with E-state index in [-0.39, 0.29) is 17.8 Å². The van der Waals surface area contributed by atoms with E-state index in [4.69, 9.17) is 4.74 Å². The summed E-state index contributed by atoms with van der Waals surface area (Å²) >= 11 is 0. The van der Waals surface area contributed by atoms with Crippen LogP contribution in [0.2, 0.25) is 0 Å². The minimum absolute atomic E-state index is 0.0604. The molecule has 1 aliphatic rings. The molecule has 2 nitrogen and oxygen atoms in total. The first-order chi connectivity index (χ1) is 12.9. The van der Waals surface area contributed by atoms with Crippen molar-refractivity contribution in [2.75, 3.05) is 13.1 Å². The second kappa shape index (κ2) is 8.44. The summed E-state index contributed by atoms with van der Waals surface area (Å²) in [5.74, 6) is -1.32. The molecule has 146 valence electrons. The number of halogens is 3. The largest absolute Gasteiger partial charge is 0.370 e. The molecular weight excluding hydrogens is 351 g/mol. The monoisotopic (exact) mass is 377 g/mol. The molecule has 1 aliphatic heterocycles. The van der Waals surface area contributed by atoms with Crippen molar-refractivity contribution in [1.82, 2.24) is 5.32 Å². The third kappa shape index (κ3) is 4.36. The first-order valence-corrected chi connectivity index (χ1v) is 9.50. The number of nitrogens with one attached hydrogen (secondary N) is 1. The summed E-state index contributed by atoms with van der Waals surface area (Å²) < 4.78 is 47.7. The van der Waals surface area contributed by atoms with Crippen molar-refractivity contribution in [3.63, 3.8) is 0 Å². The SMILES string of the molecule is CCc1c(F)cc(F)cc1C(C)OC1CCNCC1c1ccc(F)cc1C. The molecule has 3 rings (SSSR count). The van der Waals surface area contributed by atoms with Gasteiger partial charge in [-0.05, 0) is 73.7 Å². The van der Waals surface area contributed by atoms with Gasteiger partial charge in [0.25, 0.3) is 0 Å². The molecule has 0 aromatic heterocycles. The number of rotatable bonds is 5. The summed E-state index contributed by atoms with van der Waals surface area (Å²) in [6.45, 7) is 7.12. The fourth-order valence-electron chi connectivity index (χ4n) is 4.06. The van der Waals surface area contributed by atoms with E-state index in [9.17, 15) is 13.2 Å². The van der Waals surface area contributed by atoms with Crippen molar-refractivity contribution in [3.8, 4) is 0 Å². The topological polar surface area (TPSA) is 21.3 Å². The molecule has 1 heterocycles. The van der Waals surface area contributed by atoms with Gasteiger partial charge < -0.3 is 10.1 Å². The highest BCUT2D eigenvalue weighted by atomic mass is 19.1. The van der Waals surface area contributed by atoms with E-state index in [1.54, 1.807) is 0 Å². The van der Waals surface area contributed by atoms with Gasteiger partial charge in [0, 0.05) is 18.5 Å². The molecule has 1 N–H and O–H groups in total. The van der Waals surface area contributed by atoms with Crippen LogP contribution in [0.25, 0.3) is 0 Å². The lowest BCUT2D eigenvalue weighted by Crippen LogP contribution is -2.40. The lowest BCUT2D eigenvalue weighted by atomic mass is 9.86. The highest BCUT2D eigenvalue weighted by Gasteiger charge is 2.30. The van der Waals surface area contributed by atoms with Crippen LogP contribution in [-0.2, 0) is 11.2 Å². The molecule has 27 heavy (non-hydrogen) atoms. The van der Waals surface area contributed by atoms with Crippen LogP contribution in [0.5, 0.6) is 0 Å². The van der Waals surface area contributed by atoms with Crippen molar-refractivity contribution in [3.05, 3.63) is 70.0 Å². The Morgan fingerprint density at radius 3 is 2.63 bits per heavy atom. The molecule has 0 amide bonds. The number of hydrogen-bond acceptors (Lipinski definition) is 2. The van der Waals surface area contributed by atoms with Crippen LogP contribution < -0.4 is 5.32 Å². The van der Waals surface area contributed by atoms with Gasteiger partial charge in [0.15, 0.2) is 0 Å². The molecule has 0 saturated carbocycles. The fourth-order valence-corrected chi connectivity index (χ4v) is 4.06. The molecule has 5 heteroatoms. The van der Waals surface area contributed by atoms with Crippen LogP contribution in [0.1, 0.15) is 54.5 Å². The summed E-state index contributed by atoms with van der Waals surface area (Å²) in [4.78, 5) is 0. The Bertz CT molecular complexity index is 808. The Morgan fingerprint density at radius 1 is 1.15 bits per heavy atom. The molecule has 2 aromatic rings. The van der Waals surface area contributed by atoms with Gasteiger partial charge >= 0.3 is 0 Å². The Labute approximate surface area is 158 Å². The van der Waals surface area contributed by atoms with Gasteiger partial charge in [0.05, 0.1) is 12.2 Å². The lowest BCUT2D eigenvalue weighted by molar-refractivity contribution is -0.0312. The van der Waals surface area contributed by atoms with Crippen LogP contribution >= 0.6 is 0 Å². The average molecular weight is 377 g/mol. The van der Waals surface area contributed by atoms with Gasteiger partial charge in [-0.15, -0.1) is 0 Å². The van der Waals surface area contributed by atoms with E-state index >= 15 is 0 Å². The molecular formula is C22H26F3NO. The number of piperidine rings is 1. The van der Waals surface area contributed by atoms with Crippen molar-refractivity contribution in [2.24, 2.45) is 0 Å². The Hall–Kier alpha value is -1.85. The Balaban J connectivity index is 1.86. The minimum atomic E-state index is -0.591. The molecule has 3 atom stereocenters. The van der Waals surface area contributed by atoms with E-state index in [0.717, 1.165) is 36.7 Å². The number of ether oxygens (including phenoxy) is 1. The van der Waals surface area contributed by atoms with Crippen molar-refractivity contribution in [1.29, 1.82) is 0 Å². The summed E-state index contributed by atoms with van der Waals surface area (Å²) in [6, 6.07) is 7.09. The molecule has 2 aromatic carbocycles. The van der Waals surface area contributed by atoms with Crippen LogP contribution in [0.3, 0.4) is 0 Å². The summed E-state index contributed by atoms with van der Waals surface area (Å²) in [7, 11) is 0. The van der Waals surface area contributed by atoms with Crippen LogP contribution in [-0.4, -0.2) is 19.2 Å². The highest BCUT2D eigenvalue weighted by molar-refractivity contribution is 5.33. The zero-order valence-corrected chi connectivity index (χ0v) is 16.0. The van der Waals surface area contributed by atoms with E-state index in [1.807, 2.05) is 26.8 Å². The first kappa shape index (κ1) is 19.9. The first-order valence-electron chi connectivity index (χ1n) is 9.50. The van der Waals surface area contributed by atoms with Crippen LogP contribution in [0, 0.1) is 24.4 Å². The molecule has 0 spiro atoms. The minimum Gasteiger partial charge on any atom is -0.370 e. The van der Waals surface area contributed by atoms with E-state index < -0.39 is 17.7 Å². The Morgan fingerprint density at radius 2 is 1.93 bits per heavy atom.